The van der Waals surface area contributed by atoms with Crippen molar-refractivity contribution in [3.8, 4) is 5.75 Å². The molecule has 130 valence electrons. The summed E-state index contributed by atoms with van der Waals surface area (Å²) in [4.78, 5) is 10.2. The van der Waals surface area contributed by atoms with E-state index in [-0.39, 0.29) is 55.4 Å². The van der Waals surface area contributed by atoms with E-state index < -0.39 is 20.6 Å². The van der Waals surface area contributed by atoms with Crippen LogP contribution in [-0.4, -0.2) is 57.1 Å². The largest absolute Gasteiger partial charge is 0.490 e. The lowest BCUT2D eigenvalue weighted by Gasteiger charge is -2.31. The summed E-state index contributed by atoms with van der Waals surface area (Å²) in [5.41, 5.74) is 5.10. The lowest BCUT2D eigenvalue weighted by molar-refractivity contribution is -0.386. The maximum atomic E-state index is 12.6. The van der Waals surface area contributed by atoms with Crippen molar-refractivity contribution in [1.82, 2.24) is 4.31 Å². The molecule has 1 saturated heterocycles. The zero-order valence-corrected chi connectivity index (χ0v) is 14.0. The van der Waals surface area contributed by atoms with E-state index in [1.54, 1.807) is 0 Å². The molecule has 1 aliphatic rings. The summed E-state index contributed by atoms with van der Waals surface area (Å²) in [7, 11) is -2.57. The van der Waals surface area contributed by atoms with E-state index in [4.69, 9.17) is 15.2 Å². The molecule has 2 rings (SSSR count). The van der Waals surface area contributed by atoms with Gasteiger partial charge in [-0.25, -0.2) is 8.42 Å². The first-order valence-corrected chi connectivity index (χ1v) is 7.98. The standard InChI is InChI=1S/C12H17N3O6S.ClH/c1-20-12-3-2-10(6-11(12)15(16)17)22(18,19)14-4-5-21-9(7-13)8-14;/h2-3,6,9H,4-5,7-8,13H2,1H3;1H. The van der Waals surface area contributed by atoms with Crippen molar-refractivity contribution in [2.45, 2.75) is 11.0 Å². The van der Waals surface area contributed by atoms with Crippen LogP contribution in [0.4, 0.5) is 5.69 Å². The minimum atomic E-state index is -3.85. The molecule has 0 aromatic heterocycles. The number of nitro benzene ring substituents is 1. The van der Waals surface area contributed by atoms with Gasteiger partial charge in [-0.1, -0.05) is 0 Å². The van der Waals surface area contributed by atoms with Gasteiger partial charge in [-0.15, -0.1) is 12.4 Å². The Hall–Kier alpha value is -1.46. The summed E-state index contributed by atoms with van der Waals surface area (Å²) in [6.45, 7) is 0.742. The highest BCUT2D eigenvalue weighted by molar-refractivity contribution is 7.89. The van der Waals surface area contributed by atoms with Crippen molar-refractivity contribution in [1.29, 1.82) is 0 Å². The number of nitrogens with two attached hydrogens (primary N) is 1. The lowest BCUT2D eigenvalue weighted by Crippen LogP contribution is -2.48. The minimum absolute atomic E-state index is 0. The molecule has 1 aromatic carbocycles. The summed E-state index contributed by atoms with van der Waals surface area (Å²) in [6.07, 6.45) is -0.378. The molecule has 0 saturated carbocycles. The molecule has 1 unspecified atom stereocenters. The molecule has 0 amide bonds. The van der Waals surface area contributed by atoms with Gasteiger partial charge in [0.15, 0.2) is 5.75 Å². The summed E-state index contributed by atoms with van der Waals surface area (Å²) in [6, 6.07) is 3.56. The van der Waals surface area contributed by atoms with Crippen molar-refractivity contribution in [2.75, 3.05) is 33.4 Å². The third-order valence-corrected chi connectivity index (χ3v) is 5.21. The number of nitrogens with zero attached hydrogens (tertiary/aromatic N) is 2. The van der Waals surface area contributed by atoms with Gasteiger partial charge in [0.2, 0.25) is 10.0 Å². The van der Waals surface area contributed by atoms with Crippen LogP contribution in [0.15, 0.2) is 23.1 Å². The molecular weight excluding hydrogens is 350 g/mol. The molecule has 2 N–H and O–H groups in total. The normalized spacial score (nSPS) is 19.0. The van der Waals surface area contributed by atoms with Crippen LogP contribution in [0.3, 0.4) is 0 Å². The highest BCUT2D eigenvalue weighted by atomic mass is 35.5. The first-order chi connectivity index (χ1) is 10.4. The van der Waals surface area contributed by atoms with Crippen LogP contribution in [-0.2, 0) is 14.8 Å². The van der Waals surface area contributed by atoms with Gasteiger partial charge in [-0.3, -0.25) is 10.1 Å². The number of hydrogen-bond acceptors (Lipinski definition) is 7. The fourth-order valence-electron chi connectivity index (χ4n) is 2.18. The highest BCUT2D eigenvalue weighted by Gasteiger charge is 2.32. The smallest absolute Gasteiger partial charge is 0.312 e. The van der Waals surface area contributed by atoms with Gasteiger partial charge in [0.25, 0.3) is 0 Å². The lowest BCUT2D eigenvalue weighted by atomic mass is 10.3. The Kier molecular flexibility index (Phi) is 6.71. The molecule has 1 aromatic rings. The number of morpholine rings is 1. The van der Waals surface area contributed by atoms with Gasteiger partial charge in [0.05, 0.1) is 29.6 Å². The summed E-state index contributed by atoms with van der Waals surface area (Å²) >= 11 is 0. The summed E-state index contributed by atoms with van der Waals surface area (Å²) in [5.74, 6) is 0.00534. The van der Waals surface area contributed by atoms with Crippen LogP contribution in [0.2, 0.25) is 0 Å². The van der Waals surface area contributed by atoms with Crippen molar-refractivity contribution >= 4 is 28.1 Å². The Morgan fingerprint density at radius 3 is 2.78 bits per heavy atom. The van der Waals surface area contributed by atoms with E-state index in [0.29, 0.717) is 0 Å². The Morgan fingerprint density at radius 2 is 2.22 bits per heavy atom. The van der Waals surface area contributed by atoms with Gasteiger partial charge in [0.1, 0.15) is 0 Å². The van der Waals surface area contributed by atoms with E-state index in [0.717, 1.165) is 6.07 Å². The average molecular weight is 368 g/mol. The van der Waals surface area contributed by atoms with E-state index in [9.17, 15) is 18.5 Å². The second-order valence-corrected chi connectivity index (χ2v) is 6.62. The molecule has 0 spiro atoms. The maximum Gasteiger partial charge on any atom is 0.312 e. The van der Waals surface area contributed by atoms with Gasteiger partial charge in [-0.2, -0.15) is 4.31 Å². The second-order valence-electron chi connectivity index (χ2n) is 4.68. The zero-order valence-electron chi connectivity index (χ0n) is 12.4. The molecular formula is C12H18ClN3O6S. The molecule has 23 heavy (non-hydrogen) atoms. The van der Waals surface area contributed by atoms with Crippen LogP contribution < -0.4 is 10.5 Å². The number of nitro groups is 1. The van der Waals surface area contributed by atoms with Crippen LogP contribution in [0.5, 0.6) is 5.75 Å². The topological polar surface area (TPSA) is 125 Å². The molecule has 1 atom stereocenters. The second kappa shape index (κ2) is 7.88. The predicted molar refractivity (Wildman–Crippen MR) is 84.4 cm³/mol. The van der Waals surface area contributed by atoms with E-state index >= 15 is 0 Å². The molecule has 0 bridgehead atoms. The molecule has 1 aliphatic heterocycles. The number of hydrogen-bond donors (Lipinski definition) is 1. The number of methoxy groups -OCH3 is 1. The Morgan fingerprint density at radius 1 is 1.52 bits per heavy atom. The van der Waals surface area contributed by atoms with Gasteiger partial charge < -0.3 is 15.2 Å². The third-order valence-electron chi connectivity index (χ3n) is 3.35. The third kappa shape index (κ3) is 4.09. The number of halogens is 1. The van der Waals surface area contributed by atoms with Crippen LogP contribution in [0.25, 0.3) is 0 Å². The zero-order chi connectivity index (χ0) is 16.3. The van der Waals surface area contributed by atoms with Gasteiger partial charge in [-0.05, 0) is 12.1 Å². The first-order valence-electron chi connectivity index (χ1n) is 6.54. The van der Waals surface area contributed by atoms with Gasteiger partial charge >= 0.3 is 5.69 Å². The van der Waals surface area contributed by atoms with Crippen molar-refractivity contribution in [2.24, 2.45) is 5.73 Å². The quantitative estimate of drug-likeness (QED) is 0.588. The Labute approximate surface area is 140 Å². The van der Waals surface area contributed by atoms with E-state index in [1.165, 1.54) is 23.5 Å². The SMILES string of the molecule is COc1ccc(S(=O)(=O)N2CCOC(CN)C2)cc1[N+](=O)[O-].Cl. The van der Waals surface area contributed by atoms with Gasteiger partial charge in [0, 0.05) is 25.7 Å². The predicted octanol–water partition coefficient (Wildman–Crippen LogP) is 0.373. The number of sulfonamides is 1. The number of rotatable bonds is 5. The van der Waals surface area contributed by atoms with Crippen molar-refractivity contribution in [3.63, 3.8) is 0 Å². The van der Waals surface area contributed by atoms with Crippen LogP contribution >= 0.6 is 12.4 Å². The van der Waals surface area contributed by atoms with E-state index in [1.807, 2.05) is 0 Å². The highest BCUT2D eigenvalue weighted by Crippen LogP contribution is 2.30. The fraction of sp³-hybridized carbons (Fsp3) is 0.500. The summed E-state index contributed by atoms with van der Waals surface area (Å²) < 4.78 is 36.6. The van der Waals surface area contributed by atoms with Crippen LogP contribution in [0.1, 0.15) is 0 Å². The Balaban J connectivity index is 0.00000264. The van der Waals surface area contributed by atoms with Crippen LogP contribution in [0, 0.1) is 10.1 Å². The first kappa shape index (κ1) is 19.6. The molecule has 1 fully saturated rings. The molecule has 0 radical (unpaired) electrons. The Bertz CT molecular complexity index is 669. The molecule has 0 aliphatic carbocycles. The average Bonchev–Trinajstić information content (AvgIpc) is 2.54. The monoisotopic (exact) mass is 367 g/mol. The maximum absolute atomic E-state index is 12.6. The molecule has 11 heteroatoms. The number of benzene rings is 1. The molecule has 9 nitrogen and oxygen atoms in total. The van der Waals surface area contributed by atoms with E-state index in [2.05, 4.69) is 0 Å². The number of ether oxygens (including phenoxy) is 2. The minimum Gasteiger partial charge on any atom is -0.490 e. The van der Waals surface area contributed by atoms with Crippen molar-refractivity contribution < 1.29 is 22.8 Å². The summed E-state index contributed by atoms with van der Waals surface area (Å²) in [5, 5.41) is 11.0. The molecule has 1 heterocycles. The fourth-order valence-corrected chi connectivity index (χ4v) is 3.65. The van der Waals surface area contributed by atoms with Crippen molar-refractivity contribution in [3.05, 3.63) is 28.3 Å².